The topological polar surface area (TPSA) is 55.8 Å². The lowest BCUT2D eigenvalue weighted by atomic mass is 9.97. The van der Waals surface area contributed by atoms with Gasteiger partial charge < -0.3 is 9.47 Å². The highest BCUT2D eigenvalue weighted by Crippen LogP contribution is 2.38. The van der Waals surface area contributed by atoms with Gasteiger partial charge in [0.05, 0.1) is 13.2 Å². The smallest absolute Gasteiger partial charge is 0.412 e. The van der Waals surface area contributed by atoms with Crippen LogP contribution in [0.25, 0.3) is 6.08 Å². The van der Waals surface area contributed by atoms with Gasteiger partial charge in [-0.3, -0.25) is 4.90 Å². The van der Waals surface area contributed by atoms with Crippen LogP contribution in [0, 0.1) is 5.82 Å². The minimum atomic E-state index is -1.28. The van der Waals surface area contributed by atoms with Crippen molar-refractivity contribution in [2.75, 3.05) is 7.11 Å². The molecule has 1 amide bonds. The monoisotopic (exact) mass is 375 g/mol. The van der Waals surface area contributed by atoms with E-state index in [4.69, 9.17) is 9.47 Å². The fourth-order valence-electron chi connectivity index (χ4n) is 3.16. The van der Waals surface area contributed by atoms with E-state index in [1.54, 1.807) is 39.0 Å². The number of carbonyl (C=O) groups excluding carboxylic acids is 2. The van der Waals surface area contributed by atoms with Crippen LogP contribution in [-0.2, 0) is 14.3 Å². The van der Waals surface area contributed by atoms with Crippen molar-refractivity contribution in [2.45, 2.75) is 50.8 Å². The van der Waals surface area contributed by atoms with Gasteiger partial charge in [-0.05, 0) is 51.3 Å². The maximum Gasteiger partial charge on any atom is 0.412 e. The molecule has 0 spiro atoms. The van der Waals surface area contributed by atoms with Crippen LogP contribution >= 0.6 is 0 Å². The highest BCUT2D eigenvalue weighted by molar-refractivity contribution is 5.89. The maximum atomic E-state index is 13.1. The van der Waals surface area contributed by atoms with Crippen molar-refractivity contribution in [2.24, 2.45) is 0 Å². The molecule has 1 heterocycles. The van der Waals surface area contributed by atoms with E-state index in [0.29, 0.717) is 12.8 Å². The summed E-state index contributed by atoms with van der Waals surface area (Å²) in [5, 5.41) is 0. The van der Waals surface area contributed by atoms with Gasteiger partial charge in [-0.2, -0.15) is 0 Å². The average molecular weight is 375 g/mol. The van der Waals surface area contributed by atoms with Crippen molar-refractivity contribution in [3.63, 3.8) is 0 Å². The number of amides is 1. The molecule has 146 valence electrons. The summed E-state index contributed by atoms with van der Waals surface area (Å²) in [5.41, 5.74) is -1.21. The molecule has 0 aromatic heterocycles. The number of methoxy groups -OCH3 is 1. The zero-order valence-electron chi connectivity index (χ0n) is 16.2. The number of nitrogens with zero attached hydrogens (tertiary/aromatic N) is 1. The first-order chi connectivity index (χ1) is 12.6. The van der Waals surface area contributed by atoms with Crippen molar-refractivity contribution >= 4 is 18.1 Å². The molecule has 1 saturated heterocycles. The van der Waals surface area contributed by atoms with Crippen molar-refractivity contribution < 1.29 is 23.5 Å². The number of esters is 1. The van der Waals surface area contributed by atoms with E-state index in [-0.39, 0.29) is 11.9 Å². The predicted octanol–water partition coefficient (Wildman–Crippen LogP) is 4.34. The second-order valence-corrected chi connectivity index (χ2v) is 7.49. The van der Waals surface area contributed by atoms with Gasteiger partial charge in [0.25, 0.3) is 0 Å². The number of benzene rings is 1. The van der Waals surface area contributed by atoms with Gasteiger partial charge >= 0.3 is 12.1 Å². The molecule has 1 aromatic rings. The second kappa shape index (κ2) is 7.94. The molecule has 5 nitrogen and oxygen atoms in total. The summed E-state index contributed by atoms with van der Waals surface area (Å²) in [6, 6.07) is 5.62. The van der Waals surface area contributed by atoms with Gasteiger partial charge in [-0.1, -0.05) is 30.4 Å². The molecule has 0 aliphatic carbocycles. The van der Waals surface area contributed by atoms with Crippen LogP contribution < -0.4 is 0 Å². The number of hydrogen-bond donors (Lipinski definition) is 0. The molecule has 0 radical (unpaired) electrons. The summed E-state index contributed by atoms with van der Waals surface area (Å²) in [4.78, 5) is 26.8. The van der Waals surface area contributed by atoms with Crippen molar-refractivity contribution in [3.8, 4) is 0 Å². The third-order valence-electron chi connectivity index (χ3n) is 4.43. The summed E-state index contributed by atoms with van der Waals surface area (Å²) in [6.07, 6.45) is 5.34. The Bertz CT molecular complexity index is 736. The SMILES string of the molecule is C=C[C@]1(C(=O)OC)CC[C@H](/C=C/c2ccc(F)cc2)N1C(=O)OC(C)(C)C. The van der Waals surface area contributed by atoms with Crippen LogP contribution in [0.2, 0.25) is 0 Å². The largest absolute Gasteiger partial charge is 0.467 e. The van der Waals surface area contributed by atoms with E-state index in [2.05, 4.69) is 6.58 Å². The average Bonchev–Trinajstić information content (AvgIpc) is 2.99. The number of likely N-dealkylation sites (tertiary alicyclic amines) is 1. The molecule has 1 aromatic carbocycles. The molecule has 0 saturated carbocycles. The Morgan fingerprint density at radius 3 is 2.44 bits per heavy atom. The number of halogens is 1. The van der Waals surface area contributed by atoms with E-state index < -0.39 is 23.2 Å². The highest BCUT2D eigenvalue weighted by atomic mass is 19.1. The Kier molecular flexibility index (Phi) is 6.08. The molecule has 6 heteroatoms. The van der Waals surface area contributed by atoms with Gasteiger partial charge in [0, 0.05) is 0 Å². The van der Waals surface area contributed by atoms with Gasteiger partial charge in [-0.25, -0.2) is 14.0 Å². The van der Waals surface area contributed by atoms with Gasteiger partial charge in [0.1, 0.15) is 11.4 Å². The van der Waals surface area contributed by atoms with Crippen molar-refractivity contribution in [1.29, 1.82) is 0 Å². The zero-order chi connectivity index (χ0) is 20.2. The van der Waals surface area contributed by atoms with E-state index in [0.717, 1.165) is 5.56 Å². The lowest BCUT2D eigenvalue weighted by Crippen LogP contribution is -2.55. The minimum absolute atomic E-state index is 0.320. The minimum Gasteiger partial charge on any atom is -0.467 e. The summed E-state index contributed by atoms with van der Waals surface area (Å²) in [6.45, 7) is 9.05. The fraction of sp³-hybridized carbons (Fsp3) is 0.429. The summed E-state index contributed by atoms with van der Waals surface area (Å²) in [7, 11) is 1.28. The van der Waals surface area contributed by atoms with E-state index in [1.165, 1.54) is 30.2 Å². The third-order valence-corrected chi connectivity index (χ3v) is 4.43. The van der Waals surface area contributed by atoms with Crippen molar-refractivity contribution in [1.82, 2.24) is 4.90 Å². The molecule has 1 fully saturated rings. The summed E-state index contributed by atoms with van der Waals surface area (Å²) < 4.78 is 23.5. The van der Waals surface area contributed by atoms with Crippen LogP contribution in [0.5, 0.6) is 0 Å². The number of ether oxygens (including phenoxy) is 2. The van der Waals surface area contributed by atoms with Gasteiger partial charge in [-0.15, -0.1) is 6.58 Å². The second-order valence-electron chi connectivity index (χ2n) is 7.49. The Labute approximate surface area is 159 Å². The first-order valence-electron chi connectivity index (χ1n) is 8.81. The number of hydrogen-bond acceptors (Lipinski definition) is 4. The molecular formula is C21H26FNO4. The first-order valence-corrected chi connectivity index (χ1v) is 8.81. The van der Waals surface area contributed by atoms with Crippen molar-refractivity contribution in [3.05, 3.63) is 54.4 Å². The first kappa shape index (κ1) is 20.7. The lowest BCUT2D eigenvalue weighted by molar-refractivity contribution is -0.150. The molecule has 2 rings (SSSR count). The Balaban J connectivity index is 2.37. The number of carbonyl (C=O) groups is 2. The predicted molar refractivity (Wildman–Crippen MR) is 101 cm³/mol. The van der Waals surface area contributed by atoms with Crippen LogP contribution in [0.4, 0.5) is 9.18 Å². The lowest BCUT2D eigenvalue weighted by Gasteiger charge is -2.36. The third kappa shape index (κ3) is 4.56. The summed E-state index contributed by atoms with van der Waals surface area (Å²) >= 11 is 0. The van der Waals surface area contributed by atoms with Gasteiger partial charge in [0.2, 0.25) is 0 Å². The standard InChI is InChI=1S/C21H26FNO4/c1-6-21(18(24)26-5)14-13-17(23(21)19(25)27-20(2,3)4)12-9-15-7-10-16(22)11-8-15/h6-12,17H,1,13-14H2,2-5H3/b12-9+/t17-,21+/m0/s1. The molecule has 27 heavy (non-hydrogen) atoms. The molecule has 0 N–H and O–H groups in total. The normalized spacial score (nSPS) is 22.7. The molecule has 2 atom stereocenters. The highest BCUT2D eigenvalue weighted by Gasteiger charge is 2.53. The van der Waals surface area contributed by atoms with Crippen LogP contribution in [-0.4, -0.2) is 41.3 Å². The molecular weight excluding hydrogens is 349 g/mol. The van der Waals surface area contributed by atoms with E-state index >= 15 is 0 Å². The molecule has 1 aliphatic rings. The fourth-order valence-corrected chi connectivity index (χ4v) is 3.16. The summed E-state index contributed by atoms with van der Waals surface area (Å²) in [5.74, 6) is -0.874. The Morgan fingerprint density at radius 1 is 1.30 bits per heavy atom. The molecule has 0 bridgehead atoms. The quantitative estimate of drug-likeness (QED) is 0.580. The maximum absolute atomic E-state index is 13.1. The van der Waals surface area contributed by atoms with Crippen LogP contribution in [0.15, 0.2) is 43.0 Å². The van der Waals surface area contributed by atoms with Gasteiger partial charge in [0.15, 0.2) is 5.54 Å². The van der Waals surface area contributed by atoms with E-state index in [1.807, 2.05) is 6.08 Å². The van der Waals surface area contributed by atoms with Crippen LogP contribution in [0.1, 0.15) is 39.2 Å². The molecule has 1 aliphatic heterocycles. The Morgan fingerprint density at radius 2 is 1.93 bits per heavy atom. The number of rotatable bonds is 4. The Hall–Kier alpha value is -2.63. The van der Waals surface area contributed by atoms with Crippen LogP contribution in [0.3, 0.4) is 0 Å². The molecule has 0 unspecified atom stereocenters. The zero-order valence-corrected chi connectivity index (χ0v) is 16.2. The van der Waals surface area contributed by atoms with E-state index in [9.17, 15) is 14.0 Å².